The molecule has 0 fully saturated rings. The molecule has 0 saturated carbocycles. The maximum Gasteiger partial charge on any atom is 0.274 e. The minimum absolute atomic E-state index is 0.0266. The van der Waals surface area contributed by atoms with Crippen LogP contribution in [0.1, 0.15) is 33.3 Å². The van der Waals surface area contributed by atoms with E-state index in [1.165, 1.54) is 19.2 Å². The van der Waals surface area contributed by atoms with Crippen molar-refractivity contribution in [1.82, 2.24) is 9.97 Å². The average Bonchev–Trinajstić information content (AvgIpc) is 2.73. The van der Waals surface area contributed by atoms with Crippen molar-refractivity contribution >= 4 is 23.3 Å². The van der Waals surface area contributed by atoms with Crippen molar-refractivity contribution in [3.63, 3.8) is 0 Å². The number of benzene rings is 2. The van der Waals surface area contributed by atoms with Gasteiger partial charge in [0, 0.05) is 24.0 Å². The van der Waals surface area contributed by atoms with Crippen molar-refractivity contribution in [2.45, 2.75) is 13.5 Å². The molecule has 142 valence electrons. The Hall–Kier alpha value is -3.74. The van der Waals surface area contributed by atoms with E-state index in [1.807, 2.05) is 24.3 Å². The Kier molecular flexibility index (Phi) is 5.96. The van der Waals surface area contributed by atoms with Crippen molar-refractivity contribution in [1.29, 1.82) is 0 Å². The SMILES string of the molecule is COc1ccc(CNc2nccc(C(=O)Nc3ccc(C(C)=O)cc3)n2)cc1. The van der Waals surface area contributed by atoms with Crippen LogP contribution in [0.2, 0.25) is 0 Å². The van der Waals surface area contributed by atoms with Gasteiger partial charge in [-0.3, -0.25) is 9.59 Å². The van der Waals surface area contributed by atoms with E-state index in [0.29, 0.717) is 23.7 Å². The lowest BCUT2D eigenvalue weighted by molar-refractivity contribution is 0.101. The molecule has 28 heavy (non-hydrogen) atoms. The quantitative estimate of drug-likeness (QED) is 0.613. The van der Waals surface area contributed by atoms with Crippen molar-refractivity contribution in [2.75, 3.05) is 17.7 Å². The zero-order valence-electron chi connectivity index (χ0n) is 15.6. The van der Waals surface area contributed by atoms with Gasteiger partial charge in [-0.2, -0.15) is 0 Å². The van der Waals surface area contributed by atoms with Crippen LogP contribution in [0.3, 0.4) is 0 Å². The summed E-state index contributed by atoms with van der Waals surface area (Å²) in [6.07, 6.45) is 1.52. The Balaban J connectivity index is 1.62. The smallest absolute Gasteiger partial charge is 0.274 e. The monoisotopic (exact) mass is 376 g/mol. The summed E-state index contributed by atoms with van der Waals surface area (Å²) in [4.78, 5) is 32.1. The number of rotatable bonds is 7. The molecule has 0 radical (unpaired) electrons. The van der Waals surface area contributed by atoms with E-state index >= 15 is 0 Å². The predicted molar refractivity (Wildman–Crippen MR) is 107 cm³/mol. The molecule has 1 heterocycles. The summed E-state index contributed by atoms with van der Waals surface area (Å²) in [5.74, 6) is 0.761. The summed E-state index contributed by atoms with van der Waals surface area (Å²) in [6.45, 7) is 2.01. The maximum absolute atomic E-state index is 12.4. The first-order chi connectivity index (χ1) is 13.5. The van der Waals surface area contributed by atoms with Crippen LogP contribution in [0, 0.1) is 0 Å². The highest BCUT2D eigenvalue weighted by Crippen LogP contribution is 2.14. The zero-order chi connectivity index (χ0) is 19.9. The van der Waals surface area contributed by atoms with Crippen LogP contribution in [-0.4, -0.2) is 28.8 Å². The van der Waals surface area contributed by atoms with Crippen LogP contribution in [0.25, 0.3) is 0 Å². The third-order valence-corrected chi connectivity index (χ3v) is 4.05. The summed E-state index contributed by atoms with van der Waals surface area (Å²) in [7, 11) is 1.62. The molecular weight excluding hydrogens is 356 g/mol. The van der Waals surface area contributed by atoms with E-state index in [2.05, 4.69) is 20.6 Å². The molecule has 2 aromatic carbocycles. The maximum atomic E-state index is 12.4. The fraction of sp³-hybridized carbons (Fsp3) is 0.143. The number of hydrogen-bond acceptors (Lipinski definition) is 6. The summed E-state index contributed by atoms with van der Waals surface area (Å²) in [5, 5.41) is 5.85. The molecule has 0 spiro atoms. The van der Waals surface area contributed by atoms with Gasteiger partial charge in [0.05, 0.1) is 7.11 Å². The number of nitrogens with one attached hydrogen (secondary N) is 2. The van der Waals surface area contributed by atoms with Crippen molar-refractivity contribution in [2.24, 2.45) is 0 Å². The molecule has 0 bridgehead atoms. The molecule has 1 amide bonds. The van der Waals surface area contributed by atoms with Gasteiger partial charge in [-0.1, -0.05) is 12.1 Å². The number of ether oxygens (including phenoxy) is 1. The number of anilines is 2. The number of Topliss-reactive ketones (excluding diaryl/α,β-unsaturated/α-hetero) is 1. The summed E-state index contributed by atoms with van der Waals surface area (Å²) >= 11 is 0. The molecule has 7 heteroatoms. The molecule has 0 atom stereocenters. The number of ketones is 1. The van der Waals surface area contributed by atoms with Crippen molar-refractivity contribution in [3.8, 4) is 5.75 Å². The molecule has 0 aliphatic carbocycles. The molecule has 2 N–H and O–H groups in total. The van der Waals surface area contributed by atoms with E-state index in [0.717, 1.165) is 11.3 Å². The number of carbonyl (C=O) groups is 2. The van der Waals surface area contributed by atoms with Gasteiger partial charge in [0.2, 0.25) is 5.95 Å². The van der Waals surface area contributed by atoms with Gasteiger partial charge in [-0.15, -0.1) is 0 Å². The van der Waals surface area contributed by atoms with Crippen LogP contribution < -0.4 is 15.4 Å². The van der Waals surface area contributed by atoms with E-state index in [-0.39, 0.29) is 17.4 Å². The molecule has 0 unspecified atom stereocenters. The Morgan fingerprint density at radius 2 is 1.71 bits per heavy atom. The molecule has 0 saturated heterocycles. The number of amides is 1. The summed E-state index contributed by atoms with van der Waals surface area (Å²) < 4.78 is 5.13. The zero-order valence-corrected chi connectivity index (χ0v) is 15.6. The third-order valence-electron chi connectivity index (χ3n) is 4.05. The second-order valence-corrected chi connectivity index (χ2v) is 6.05. The third kappa shape index (κ3) is 4.91. The lowest BCUT2D eigenvalue weighted by Crippen LogP contribution is -2.15. The van der Waals surface area contributed by atoms with Gasteiger partial charge in [0.15, 0.2) is 5.78 Å². The lowest BCUT2D eigenvalue weighted by atomic mass is 10.1. The molecule has 0 aliphatic rings. The number of aromatic nitrogens is 2. The first-order valence-corrected chi connectivity index (χ1v) is 8.67. The first-order valence-electron chi connectivity index (χ1n) is 8.67. The molecule has 3 rings (SSSR count). The highest BCUT2D eigenvalue weighted by Gasteiger charge is 2.10. The van der Waals surface area contributed by atoms with Crippen LogP contribution in [0.4, 0.5) is 11.6 Å². The van der Waals surface area contributed by atoms with Gasteiger partial charge in [0.25, 0.3) is 5.91 Å². The van der Waals surface area contributed by atoms with Crippen molar-refractivity contribution < 1.29 is 14.3 Å². The van der Waals surface area contributed by atoms with Gasteiger partial charge in [0.1, 0.15) is 11.4 Å². The topological polar surface area (TPSA) is 93.2 Å². The predicted octanol–water partition coefficient (Wildman–Crippen LogP) is 3.55. The second kappa shape index (κ2) is 8.77. The van der Waals surface area contributed by atoms with Gasteiger partial charge in [-0.05, 0) is 55.0 Å². The first kappa shape index (κ1) is 19.0. The molecular formula is C21H20N4O3. The van der Waals surface area contributed by atoms with E-state index in [4.69, 9.17) is 4.74 Å². The second-order valence-electron chi connectivity index (χ2n) is 6.05. The minimum Gasteiger partial charge on any atom is -0.497 e. The summed E-state index contributed by atoms with van der Waals surface area (Å²) in [6, 6.07) is 15.9. The molecule has 0 aliphatic heterocycles. The highest BCUT2D eigenvalue weighted by molar-refractivity contribution is 6.03. The molecule has 3 aromatic rings. The van der Waals surface area contributed by atoms with Gasteiger partial charge < -0.3 is 15.4 Å². The van der Waals surface area contributed by atoms with E-state index in [9.17, 15) is 9.59 Å². The fourth-order valence-corrected chi connectivity index (χ4v) is 2.48. The minimum atomic E-state index is -0.356. The average molecular weight is 376 g/mol. The standard InChI is InChI=1S/C21H20N4O3/c1-14(26)16-5-7-17(8-6-16)24-20(27)19-11-12-22-21(25-19)23-13-15-3-9-18(28-2)10-4-15/h3-12H,13H2,1-2H3,(H,24,27)(H,22,23,25). The van der Waals surface area contributed by atoms with Crippen LogP contribution >= 0.6 is 0 Å². The fourth-order valence-electron chi connectivity index (χ4n) is 2.48. The van der Waals surface area contributed by atoms with E-state index in [1.54, 1.807) is 31.4 Å². The van der Waals surface area contributed by atoms with Crippen molar-refractivity contribution in [3.05, 3.63) is 77.6 Å². The molecule has 1 aromatic heterocycles. The Morgan fingerprint density at radius 1 is 1.00 bits per heavy atom. The van der Waals surface area contributed by atoms with Crippen LogP contribution in [0.5, 0.6) is 5.75 Å². The molecule has 7 nitrogen and oxygen atoms in total. The Labute approximate surface area is 162 Å². The Morgan fingerprint density at radius 3 is 2.36 bits per heavy atom. The number of nitrogens with zero attached hydrogens (tertiary/aromatic N) is 2. The van der Waals surface area contributed by atoms with E-state index < -0.39 is 0 Å². The Bertz CT molecular complexity index is 970. The largest absolute Gasteiger partial charge is 0.497 e. The summed E-state index contributed by atoms with van der Waals surface area (Å²) in [5.41, 5.74) is 2.44. The number of methoxy groups -OCH3 is 1. The number of hydrogen-bond donors (Lipinski definition) is 2. The lowest BCUT2D eigenvalue weighted by Gasteiger charge is -2.08. The van der Waals surface area contributed by atoms with Crippen LogP contribution in [0.15, 0.2) is 60.8 Å². The van der Waals surface area contributed by atoms with Gasteiger partial charge >= 0.3 is 0 Å². The van der Waals surface area contributed by atoms with Gasteiger partial charge in [-0.25, -0.2) is 9.97 Å². The van der Waals surface area contributed by atoms with Crippen LogP contribution in [-0.2, 0) is 6.54 Å². The highest BCUT2D eigenvalue weighted by atomic mass is 16.5. The normalized spacial score (nSPS) is 10.2. The number of carbonyl (C=O) groups excluding carboxylic acids is 2.